The van der Waals surface area contributed by atoms with Gasteiger partial charge in [0.1, 0.15) is 16.5 Å². The van der Waals surface area contributed by atoms with Crippen LogP contribution in [0.4, 0.5) is 8.78 Å². The van der Waals surface area contributed by atoms with E-state index in [4.69, 9.17) is 4.74 Å². The molecule has 9 heteroatoms. The van der Waals surface area contributed by atoms with Gasteiger partial charge in [0.15, 0.2) is 0 Å². The third-order valence-electron chi connectivity index (χ3n) is 4.90. The summed E-state index contributed by atoms with van der Waals surface area (Å²) in [6.07, 6.45) is 1.35. The highest BCUT2D eigenvalue weighted by atomic mass is 32.2. The summed E-state index contributed by atoms with van der Waals surface area (Å²) in [6, 6.07) is 15.4. The van der Waals surface area contributed by atoms with E-state index in [1.54, 1.807) is 30.3 Å². The van der Waals surface area contributed by atoms with Crippen molar-refractivity contribution in [3.05, 3.63) is 89.6 Å². The van der Waals surface area contributed by atoms with Crippen LogP contribution >= 0.6 is 11.8 Å². The van der Waals surface area contributed by atoms with Crippen LogP contribution in [-0.2, 0) is 14.8 Å². The van der Waals surface area contributed by atoms with E-state index < -0.39 is 10.0 Å². The summed E-state index contributed by atoms with van der Waals surface area (Å²) < 4.78 is 59.0. The number of nitrogens with zero attached hydrogens (tertiary/aromatic N) is 2. The molecule has 4 rings (SSSR count). The van der Waals surface area contributed by atoms with Gasteiger partial charge in [0.2, 0.25) is 10.0 Å². The molecular weight excluding hydrogens is 442 g/mol. The average molecular weight is 463 g/mol. The summed E-state index contributed by atoms with van der Waals surface area (Å²) in [7, 11) is -3.62. The molecule has 3 aromatic rings. The standard InChI is InChI=1S/C22H20F2N2O3S2/c23-18-5-1-16(2-6-18)22(17-3-7-19(24)8-4-17)30-21-10-9-20(15-25-21)31(27,28)26-11-13-29-14-12-26/h1-10,15,22H,11-14H2. The normalized spacial score (nSPS) is 15.3. The van der Waals surface area contributed by atoms with E-state index in [0.29, 0.717) is 31.3 Å². The molecule has 0 radical (unpaired) electrons. The molecule has 1 aliphatic heterocycles. The number of rotatable bonds is 6. The number of morpholine rings is 1. The lowest BCUT2D eigenvalue weighted by molar-refractivity contribution is 0.0730. The lowest BCUT2D eigenvalue weighted by Gasteiger charge is -2.26. The molecule has 2 aromatic carbocycles. The highest BCUT2D eigenvalue weighted by molar-refractivity contribution is 7.99. The van der Waals surface area contributed by atoms with Gasteiger partial charge in [-0.15, -0.1) is 0 Å². The predicted molar refractivity (Wildman–Crippen MR) is 114 cm³/mol. The van der Waals surface area contributed by atoms with Gasteiger partial charge in [-0.1, -0.05) is 36.0 Å². The van der Waals surface area contributed by atoms with Gasteiger partial charge in [-0.3, -0.25) is 0 Å². The van der Waals surface area contributed by atoms with Crippen LogP contribution in [0, 0.1) is 11.6 Å². The summed E-state index contributed by atoms with van der Waals surface area (Å²) in [5.41, 5.74) is 1.65. The van der Waals surface area contributed by atoms with E-state index in [9.17, 15) is 17.2 Å². The molecule has 0 spiro atoms. The minimum Gasteiger partial charge on any atom is -0.379 e. The average Bonchev–Trinajstić information content (AvgIpc) is 2.80. The lowest BCUT2D eigenvalue weighted by atomic mass is 10.0. The fourth-order valence-corrected chi connectivity index (χ4v) is 5.69. The summed E-state index contributed by atoms with van der Waals surface area (Å²) in [4.78, 5) is 4.47. The van der Waals surface area contributed by atoms with Gasteiger partial charge >= 0.3 is 0 Å². The van der Waals surface area contributed by atoms with Crippen LogP contribution in [0.2, 0.25) is 0 Å². The number of halogens is 2. The Labute approximate surface area is 184 Å². The number of hydrogen-bond donors (Lipinski definition) is 0. The zero-order chi connectivity index (χ0) is 21.8. The van der Waals surface area contributed by atoms with Crippen molar-refractivity contribution >= 4 is 21.8 Å². The number of hydrogen-bond acceptors (Lipinski definition) is 5. The second-order valence-electron chi connectivity index (χ2n) is 6.95. The monoisotopic (exact) mass is 462 g/mol. The van der Waals surface area contributed by atoms with Gasteiger partial charge < -0.3 is 4.74 Å². The quantitative estimate of drug-likeness (QED) is 0.513. The summed E-state index contributed by atoms with van der Waals surface area (Å²) in [6.45, 7) is 1.38. The van der Waals surface area contributed by atoms with Crippen LogP contribution in [0.3, 0.4) is 0 Å². The van der Waals surface area contributed by atoms with Crippen LogP contribution in [0.5, 0.6) is 0 Å². The first-order valence-corrected chi connectivity index (χ1v) is 12.0. The van der Waals surface area contributed by atoms with Crippen molar-refractivity contribution in [1.82, 2.24) is 9.29 Å². The van der Waals surface area contributed by atoms with Crippen LogP contribution in [0.15, 0.2) is 76.8 Å². The Bertz CT molecular complexity index is 1070. The van der Waals surface area contributed by atoms with Crippen molar-refractivity contribution in [1.29, 1.82) is 0 Å². The largest absolute Gasteiger partial charge is 0.379 e. The molecule has 0 N–H and O–H groups in total. The minimum absolute atomic E-state index is 0.124. The van der Waals surface area contributed by atoms with Crippen LogP contribution < -0.4 is 0 Å². The predicted octanol–water partition coefficient (Wildman–Crippen LogP) is 4.26. The molecule has 0 bridgehead atoms. The van der Waals surface area contributed by atoms with Crippen LogP contribution in [0.25, 0.3) is 0 Å². The Kier molecular flexibility index (Phi) is 6.66. The fourth-order valence-electron chi connectivity index (χ4n) is 3.25. The van der Waals surface area contributed by atoms with Gasteiger partial charge in [0, 0.05) is 19.3 Å². The zero-order valence-corrected chi connectivity index (χ0v) is 18.1. The molecule has 1 saturated heterocycles. The van der Waals surface area contributed by atoms with E-state index >= 15 is 0 Å². The Morgan fingerprint density at radius 2 is 1.42 bits per heavy atom. The van der Waals surface area contributed by atoms with Crippen molar-refractivity contribution in [2.75, 3.05) is 26.3 Å². The molecule has 0 atom stereocenters. The number of sulfonamides is 1. The van der Waals surface area contributed by atoms with Crippen LogP contribution in [0.1, 0.15) is 16.4 Å². The maximum Gasteiger partial charge on any atom is 0.244 e. The molecule has 2 heterocycles. The molecule has 31 heavy (non-hydrogen) atoms. The number of thioether (sulfide) groups is 1. The topological polar surface area (TPSA) is 59.5 Å². The molecule has 5 nitrogen and oxygen atoms in total. The van der Waals surface area contributed by atoms with Gasteiger partial charge in [0.05, 0.1) is 23.5 Å². The fraction of sp³-hybridized carbons (Fsp3) is 0.227. The Balaban J connectivity index is 1.59. The second kappa shape index (κ2) is 9.44. The highest BCUT2D eigenvalue weighted by Crippen LogP contribution is 2.40. The Hall–Kier alpha value is -2.33. The van der Waals surface area contributed by atoms with Crippen molar-refractivity contribution in [2.45, 2.75) is 15.2 Å². The highest BCUT2D eigenvalue weighted by Gasteiger charge is 2.27. The Morgan fingerprint density at radius 1 is 0.871 bits per heavy atom. The number of aromatic nitrogens is 1. The number of benzene rings is 2. The van der Waals surface area contributed by atoms with Gasteiger partial charge in [-0.2, -0.15) is 4.31 Å². The molecule has 0 unspecified atom stereocenters. The van der Waals surface area contributed by atoms with Gasteiger partial charge in [0.25, 0.3) is 0 Å². The van der Waals surface area contributed by atoms with E-state index in [-0.39, 0.29) is 21.8 Å². The third kappa shape index (κ3) is 5.12. The third-order valence-corrected chi connectivity index (χ3v) is 8.05. The first-order chi connectivity index (χ1) is 14.9. The number of pyridine rings is 1. The van der Waals surface area contributed by atoms with Gasteiger partial charge in [-0.05, 0) is 47.5 Å². The smallest absolute Gasteiger partial charge is 0.244 e. The number of ether oxygens (including phenoxy) is 1. The van der Waals surface area contributed by atoms with Gasteiger partial charge in [-0.25, -0.2) is 22.2 Å². The second-order valence-corrected chi connectivity index (χ2v) is 10.0. The molecule has 0 aliphatic carbocycles. The van der Waals surface area contributed by atoms with Crippen LogP contribution in [-0.4, -0.2) is 44.0 Å². The lowest BCUT2D eigenvalue weighted by Crippen LogP contribution is -2.40. The summed E-state index contributed by atoms with van der Waals surface area (Å²) in [5, 5.41) is 0.329. The summed E-state index contributed by atoms with van der Waals surface area (Å²) in [5.74, 6) is -0.690. The minimum atomic E-state index is -3.62. The molecule has 0 saturated carbocycles. The zero-order valence-electron chi connectivity index (χ0n) is 16.4. The van der Waals surface area contributed by atoms with E-state index in [1.807, 2.05) is 0 Å². The van der Waals surface area contributed by atoms with Crippen molar-refractivity contribution in [3.63, 3.8) is 0 Å². The maximum atomic E-state index is 13.4. The SMILES string of the molecule is O=S(=O)(c1ccc(SC(c2ccc(F)cc2)c2ccc(F)cc2)nc1)N1CCOCC1. The van der Waals surface area contributed by atoms with Crippen molar-refractivity contribution in [3.8, 4) is 0 Å². The van der Waals surface area contributed by atoms with E-state index in [1.165, 1.54) is 52.6 Å². The first-order valence-electron chi connectivity index (χ1n) is 9.65. The first kappa shape index (κ1) is 21.9. The molecule has 162 valence electrons. The van der Waals surface area contributed by atoms with Crippen molar-refractivity contribution in [2.24, 2.45) is 0 Å². The summed E-state index contributed by atoms with van der Waals surface area (Å²) >= 11 is 1.38. The van der Waals surface area contributed by atoms with E-state index in [2.05, 4.69) is 4.98 Å². The molecule has 1 aliphatic rings. The maximum absolute atomic E-state index is 13.4. The molecule has 1 aromatic heterocycles. The molecule has 0 amide bonds. The molecular formula is C22H20F2N2O3S2. The van der Waals surface area contributed by atoms with E-state index in [0.717, 1.165) is 11.1 Å². The Morgan fingerprint density at radius 3 is 1.90 bits per heavy atom. The van der Waals surface area contributed by atoms with Crippen molar-refractivity contribution < 1.29 is 21.9 Å². The molecule has 1 fully saturated rings.